The van der Waals surface area contributed by atoms with E-state index < -0.39 is 0 Å². The number of rotatable bonds is 3. The van der Waals surface area contributed by atoms with Crippen molar-refractivity contribution in [3.05, 3.63) is 60.7 Å². The highest BCUT2D eigenvalue weighted by Gasteiger charge is 2.18. The highest BCUT2D eigenvalue weighted by molar-refractivity contribution is 5.94. The molecule has 0 fully saturated rings. The van der Waals surface area contributed by atoms with Gasteiger partial charge in [-0.3, -0.25) is 0 Å². The van der Waals surface area contributed by atoms with Crippen molar-refractivity contribution in [1.29, 1.82) is 5.26 Å². The van der Waals surface area contributed by atoms with Crippen molar-refractivity contribution in [2.45, 2.75) is 26.3 Å². The third-order valence-corrected chi connectivity index (χ3v) is 5.58. The molecule has 0 spiro atoms. The smallest absolute Gasteiger partial charge is 0.156 e. The molecule has 0 amide bonds. The van der Waals surface area contributed by atoms with Crippen LogP contribution in [-0.4, -0.2) is 31.6 Å². The Balaban J connectivity index is 1.65. The van der Waals surface area contributed by atoms with Gasteiger partial charge in [-0.25, -0.2) is 15.0 Å². The van der Waals surface area contributed by atoms with Crippen molar-refractivity contribution < 1.29 is 4.74 Å². The van der Waals surface area contributed by atoms with Gasteiger partial charge < -0.3 is 14.3 Å². The van der Waals surface area contributed by atoms with Gasteiger partial charge >= 0.3 is 0 Å². The number of hydrogen-bond acceptors (Lipinski definition) is 5. The van der Waals surface area contributed by atoms with Crippen molar-refractivity contribution in [2.24, 2.45) is 0 Å². The van der Waals surface area contributed by atoms with E-state index in [2.05, 4.69) is 58.5 Å². The Hall–Kier alpha value is -4.18. The van der Waals surface area contributed by atoms with Gasteiger partial charge in [-0.2, -0.15) is 5.26 Å². The number of ether oxygens (including phenoxy) is 1. The van der Waals surface area contributed by atoms with E-state index in [1.54, 1.807) is 19.4 Å². The van der Waals surface area contributed by atoms with Crippen LogP contribution in [0.2, 0.25) is 0 Å². The van der Waals surface area contributed by atoms with Crippen LogP contribution in [0.5, 0.6) is 5.75 Å². The van der Waals surface area contributed by atoms with E-state index in [4.69, 9.17) is 9.72 Å². The fourth-order valence-corrected chi connectivity index (χ4v) is 3.90. The second-order valence-electron chi connectivity index (χ2n) is 8.67. The Morgan fingerprint density at radius 2 is 1.88 bits per heavy atom. The second kappa shape index (κ2) is 7.20. The first kappa shape index (κ1) is 19.8. The lowest BCUT2D eigenvalue weighted by atomic mass is 10.0. The Kier molecular flexibility index (Phi) is 4.45. The normalized spacial score (nSPS) is 11.7. The van der Waals surface area contributed by atoms with Gasteiger partial charge in [0.2, 0.25) is 0 Å². The first-order valence-electron chi connectivity index (χ1n) is 10.3. The average molecular weight is 422 g/mol. The molecule has 5 aromatic rings. The number of H-pyrrole nitrogens is 1. The molecule has 0 atom stereocenters. The maximum atomic E-state index is 9.25. The topological polar surface area (TPSA) is 92.4 Å². The third-order valence-electron chi connectivity index (χ3n) is 5.58. The Morgan fingerprint density at radius 1 is 1.06 bits per heavy atom. The molecule has 2 aromatic carbocycles. The number of nitrogens with zero attached hydrogens (tertiary/aromatic N) is 5. The van der Waals surface area contributed by atoms with Crippen molar-refractivity contribution in [2.75, 3.05) is 7.11 Å². The molecule has 3 heterocycles. The molecule has 0 saturated carbocycles. The number of aromatic nitrogens is 5. The van der Waals surface area contributed by atoms with Gasteiger partial charge in [0.05, 0.1) is 41.9 Å². The zero-order valence-corrected chi connectivity index (χ0v) is 18.3. The lowest BCUT2D eigenvalue weighted by Crippen LogP contribution is -2.20. The number of nitrogens with one attached hydrogen (secondary N) is 1. The highest BCUT2D eigenvalue weighted by atomic mass is 16.5. The van der Waals surface area contributed by atoms with Crippen molar-refractivity contribution in [3.8, 4) is 34.2 Å². The van der Waals surface area contributed by atoms with E-state index in [1.807, 2.05) is 30.7 Å². The summed E-state index contributed by atoms with van der Waals surface area (Å²) in [5, 5.41) is 9.25. The van der Waals surface area contributed by atoms with Gasteiger partial charge in [0.1, 0.15) is 17.3 Å². The van der Waals surface area contributed by atoms with Gasteiger partial charge in [-0.05, 0) is 50.6 Å². The number of methoxy groups -OCH3 is 1. The summed E-state index contributed by atoms with van der Waals surface area (Å²) in [5.41, 5.74) is 7.50. The molecule has 0 aliphatic heterocycles. The Morgan fingerprint density at radius 3 is 2.62 bits per heavy atom. The van der Waals surface area contributed by atoms with Crippen LogP contribution in [0.4, 0.5) is 0 Å². The van der Waals surface area contributed by atoms with Gasteiger partial charge in [0.15, 0.2) is 5.65 Å². The Labute approximate surface area is 185 Å². The molecule has 0 bridgehead atoms. The number of aromatic amines is 1. The molecule has 0 unspecified atom stereocenters. The molecule has 7 nitrogen and oxygen atoms in total. The molecule has 0 saturated heterocycles. The van der Waals surface area contributed by atoms with E-state index in [9.17, 15) is 5.26 Å². The van der Waals surface area contributed by atoms with E-state index in [0.717, 1.165) is 33.2 Å². The predicted octanol–water partition coefficient (Wildman–Crippen LogP) is 5.28. The molecule has 0 aliphatic carbocycles. The third kappa shape index (κ3) is 3.17. The maximum absolute atomic E-state index is 9.25. The molecule has 3 aromatic heterocycles. The number of fused-ring (bicyclic) bond motifs is 2. The van der Waals surface area contributed by atoms with Crippen molar-refractivity contribution in [1.82, 2.24) is 24.5 Å². The average Bonchev–Trinajstić information content (AvgIpc) is 3.41. The van der Waals surface area contributed by atoms with Crippen molar-refractivity contribution in [3.63, 3.8) is 0 Å². The van der Waals surface area contributed by atoms with Crippen LogP contribution in [0.25, 0.3) is 44.6 Å². The largest absolute Gasteiger partial charge is 0.495 e. The van der Waals surface area contributed by atoms with Gasteiger partial charge in [0, 0.05) is 22.9 Å². The summed E-state index contributed by atoms with van der Waals surface area (Å²) in [6.07, 6.45) is 5.55. The molecule has 1 N–H and O–H groups in total. The van der Waals surface area contributed by atoms with Crippen LogP contribution in [0.1, 0.15) is 26.3 Å². The summed E-state index contributed by atoms with van der Waals surface area (Å²) in [7, 11) is 1.55. The van der Waals surface area contributed by atoms with Crippen LogP contribution in [0.15, 0.2) is 55.1 Å². The lowest BCUT2D eigenvalue weighted by molar-refractivity contribution is 0.408. The first-order chi connectivity index (χ1) is 15.4. The molecule has 158 valence electrons. The zero-order chi connectivity index (χ0) is 22.5. The monoisotopic (exact) mass is 422 g/mol. The van der Waals surface area contributed by atoms with E-state index >= 15 is 0 Å². The number of hydrogen-bond donors (Lipinski definition) is 1. The Bertz CT molecular complexity index is 1510. The van der Waals surface area contributed by atoms with Crippen LogP contribution >= 0.6 is 0 Å². The maximum Gasteiger partial charge on any atom is 0.156 e. The van der Waals surface area contributed by atoms with Crippen LogP contribution in [0, 0.1) is 11.3 Å². The second-order valence-corrected chi connectivity index (χ2v) is 8.67. The molecule has 7 heteroatoms. The standard InChI is InChI=1S/C25H22N6O/c1-25(2,3)31-14-29-19-8-7-15(9-21(19)31)18-12-27-24-23(18)30-20(13-28-24)16-5-6-17(11-26)22(10-16)32-4/h5-10,12-14H,1-4H3,(H,27,28). The lowest BCUT2D eigenvalue weighted by Gasteiger charge is -2.21. The van der Waals surface area contributed by atoms with Gasteiger partial charge in [0.25, 0.3) is 0 Å². The fraction of sp³-hybridized carbons (Fsp3) is 0.200. The number of benzene rings is 2. The predicted molar refractivity (Wildman–Crippen MR) is 124 cm³/mol. The first-order valence-corrected chi connectivity index (χ1v) is 10.3. The number of nitriles is 1. The summed E-state index contributed by atoms with van der Waals surface area (Å²) < 4.78 is 7.53. The van der Waals surface area contributed by atoms with E-state index in [0.29, 0.717) is 22.7 Å². The van der Waals surface area contributed by atoms with Crippen molar-refractivity contribution >= 4 is 22.2 Å². The summed E-state index contributed by atoms with van der Waals surface area (Å²) >= 11 is 0. The number of imidazole rings is 1. The van der Waals surface area contributed by atoms with Gasteiger partial charge in [-0.1, -0.05) is 12.1 Å². The minimum Gasteiger partial charge on any atom is -0.495 e. The van der Waals surface area contributed by atoms with Crippen LogP contribution in [-0.2, 0) is 5.54 Å². The molecule has 5 rings (SSSR count). The highest BCUT2D eigenvalue weighted by Crippen LogP contribution is 2.32. The molecular weight excluding hydrogens is 400 g/mol. The quantitative estimate of drug-likeness (QED) is 0.427. The minimum absolute atomic E-state index is 0.0742. The molecule has 0 aliphatic rings. The van der Waals surface area contributed by atoms with Crippen LogP contribution < -0.4 is 4.74 Å². The molecule has 32 heavy (non-hydrogen) atoms. The van der Waals surface area contributed by atoms with E-state index in [1.165, 1.54) is 0 Å². The summed E-state index contributed by atoms with van der Waals surface area (Å²) in [6.45, 7) is 6.49. The summed E-state index contributed by atoms with van der Waals surface area (Å²) in [6, 6.07) is 13.8. The van der Waals surface area contributed by atoms with Crippen LogP contribution in [0.3, 0.4) is 0 Å². The molecular formula is C25H22N6O. The van der Waals surface area contributed by atoms with Gasteiger partial charge in [-0.15, -0.1) is 0 Å². The summed E-state index contributed by atoms with van der Waals surface area (Å²) in [4.78, 5) is 17.2. The SMILES string of the molecule is COc1cc(-c2cnc3[nH]cc(-c4ccc5ncn(C(C)(C)C)c5c4)c3n2)ccc1C#N. The summed E-state index contributed by atoms with van der Waals surface area (Å²) in [5.74, 6) is 0.516. The zero-order valence-electron chi connectivity index (χ0n) is 18.3. The van der Waals surface area contributed by atoms with E-state index in [-0.39, 0.29) is 5.54 Å². The molecule has 0 radical (unpaired) electrons. The minimum atomic E-state index is -0.0742. The fourth-order valence-electron chi connectivity index (χ4n) is 3.90.